The van der Waals surface area contributed by atoms with Crippen molar-refractivity contribution in [2.45, 2.75) is 6.92 Å². The first-order chi connectivity index (χ1) is 4.61. The van der Waals surface area contributed by atoms with Crippen molar-refractivity contribution in [3.05, 3.63) is 28.5 Å². The molecule has 0 amide bonds. The maximum atomic E-state index is 12.7. The Bertz CT molecular complexity index is 246. The number of halogens is 4. The van der Waals surface area contributed by atoms with Gasteiger partial charge in [-0.15, -0.1) is 12.4 Å². The molecule has 0 nitrogen and oxygen atoms in total. The first-order valence-corrected chi connectivity index (χ1v) is 3.20. The van der Waals surface area contributed by atoms with E-state index in [1.807, 2.05) is 0 Å². The predicted molar refractivity (Wildman–Crippen MR) is 57.0 cm³/mol. The normalized spacial score (nSPS) is 7.62. The summed E-state index contributed by atoms with van der Waals surface area (Å²) in [7, 11) is 5.30. The van der Waals surface area contributed by atoms with E-state index in [0.29, 0.717) is 16.0 Å². The largest absolute Gasteiger partial charge is 0.269 e. The van der Waals surface area contributed by atoms with E-state index in [1.165, 1.54) is 12.1 Å². The molecule has 13 heavy (non-hydrogen) atoms. The molecule has 0 aliphatic rings. The van der Waals surface area contributed by atoms with Crippen molar-refractivity contribution in [1.29, 1.82) is 0 Å². The molecule has 0 bridgehead atoms. The SMILES string of the molecule is Cl.F.[B].[B]c1cc(F)c(C)c(Cl)c1. The first kappa shape index (κ1) is 18.5. The van der Waals surface area contributed by atoms with Crippen LogP contribution in [0.25, 0.3) is 0 Å². The van der Waals surface area contributed by atoms with Crippen LogP contribution >= 0.6 is 24.0 Å². The maximum absolute atomic E-state index is 12.7. The van der Waals surface area contributed by atoms with Crippen molar-refractivity contribution in [2.75, 3.05) is 0 Å². The van der Waals surface area contributed by atoms with E-state index in [0.717, 1.165) is 0 Å². The van der Waals surface area contributed by atoms with Gasteiger partial charge in [0.05, 0.1) is 0 Å². The zero-order valence-corrected chi connectivity index (χ0v) is 8.45. The minimum Gasteiger partial charge on any atom is -0.269 e. The molecule has 0 aliphatic carbocycles. The van der Waals surface area contributed by atoms with Crippen LogP contribution in [0, 0.1) is 12.7 Å². The lowest BCUT2D eigenvalue weighted by molar-refractivity contribution is 0.620. The first-order valence-electron chi connectivity index (χ1n) is 2.82. The molecule has 1 aromatic rings. The van der Waals surface area contributed by atoms with Crippen LogP contribution in [0.1, 0.15) is 5.56 Å². The maximum Gasteiger partial charge on any atom is 0.127 e. The molecule has 1 rings (SSSR count). The van der Waals surface area contributed by atoms with Crippen molar-refractivity contribution >= 4 is 45.7 Å². The molecule has 6 heteroatoms. The molecule has 0 saturated carbocycles. The van der Waals surface area contributed by atoms with Crippen LogP contribution in [-0.4, -0.2) is 16.3 Å². The van der Waals surface area contributed by atoms with Crippen molar-refractivity contribution in [1.82, 2.24) is 0 Å². The average molecular weight is 222 g/mol. The molecule has 0 saturated heterocycles. The van der Waals surface area contributed by atoms with E-state index in [9.17, 15) is 4.39 Å². The molecular formula is C7H7B2Cl2F2. The Kier molecular flexibility index (Phi) is 10.3. The Labute approximate surface area is 90.6 Å². The quantitative estimate of drug-likeness (QED) is 0.586. The molecule has 0 aliphatic heterocycles. The Morgan fingerprint density at radius 3 is 2.23 bits per heavy atom. The van der Waals surface area contributed by atoms with E-state index in [2.05, 4.69) is 0 Å². The van der Waals surface area contributed by atoms with Gasteiger partial charge in [0.25, 0.3) is 0 Å². The van der Waals surface area contributed by atoms with Crippen molar-refractivity contribution in [3.63, 3.8) is 0 Å². The third-order valence-electron chi connectivity index (χ3n) is 1.30. The van der Waals surface area contributed by atoms with Crippen LogP contribution < -0.4 is 5.46 Å². The second kappa shape index (κ2) is 7.22. The Balaban J connectivity index is -0.000000333. The van der Waals surface area contributed by atoms with Gasteiger partial charge < -0.3 is 0 Å². The zero-order valence-electron chi connectivity index (χ0n) is 6.88. The monoisotopic (exact) mass is 221 g/mol. The zero-order chi connectivity index (χ0) is 7.72. The molecule has 69 valence electrons. The van der Waals surface area contributed by atoms with Gasteiger partial charge >= 0.3 is 0 Å². The van der Waals surface area contributed by atoms with Crippen molar-refractivity contribution in [3.8, 4) is 0 Å². The van der Waals surface area contributed by atoms with Gasteiger partial charge in [-0.25, -0.2) is 4.39 Å². The number of hydrogen-bond donors (Lipinski definition) is 0. The summed E-state index contributed by atoms with van der Waals surface area (Å²) in [4.78, 5) is 0. The fourth-order valence-electron chi connectivity index (χ4n) is 0.665. The summed E-state index contributed by atoms with van der Waals surface area (Å²) < 4.78 is 12.7. The Morgan fingerprint density at radius 2 is 1.85 bits per heavy atom. The fraction of sp³-hybridized carbons (Fsp3) is 0.143. The summed E-state index contributed by atoms with van der Waals surface area (Å²) in [6.07, 6.45) is 0. The van der Waals surface area contributed by atoms with E-state index in [4.69, 9.17) is 19.4 Å². The molecular weight excluding hydrogens is 215 g/mol. The van der Waals surface area contributed by atoms with Crippen molar-refractivity contribution < 1.29 is 9.09 Å². The summed E-state index contributed by atoms with van der Waals surface area (Å²) in [6, 6.07) is 2.78. The fourth-order valence-corrected chi connectivity index (χ4v) is 0.881. The van der Waals surface area contributed by atoms with E-state index < -0.39 is 0 Å². The molecule has 0 heterocycles. The lowest BCUT2D eigenvalue weighted by Gasteiger charge is -2.00. The van der Waals surface area contributed by atoms with Crippen molar-refractivity contribution in [2.24, 2.45) is 0 Å². The summed E-state index contributed by atoms with van der Waals surface area (Å²) in [6.45, 7) is 1.61. The van der Waals surface area contributed by atoms with Gasteiger partial charge in [0.15, 0.2) is 0 Å². The van der Waals surface area contributed by atoms with E-state index in [-0.39, 0.29) is 31.3 Å². The number of rotatable bonds is 0. The van der Waals surface area contributed by atoms with Crippen LogP contribution in [-0.2, 0) is 0 Å². The third kappa shape index (κ3) is 4.53. The minimum absolute atomic E-state index is 0. The molecule has 0 unspecified atom stereocenters. The number of benzene rings is 1. The second-order valence-corrected chi connectivity index (χ2v) is 2.52. The van der Waals surface area contributed by atoms with Gasteiger partial charge in [-0.2, -0.15) is 0 Å². The lowest BCUT2D eigenvalue weighted by atomic mass is 9.95. The van der Waals surface area contributed by atoms with Gasteiger partial charge in [0.2, 0.25) is 0 Å². The second-order valence-electron chi connectivity index (χ2n) is 2.11. The minimum atomic E-state index is -0.356. The molecule has 0 N–H and O–H groups in total. The molecule has 0 spiro atoms. The average Bonchev–Trinajstić information content (AvgIpc) is 1.82. The van der Waals surface area contributed by atoms with Gasteiger partial charge in [-0.1, -0.05) is 23.1 Å². The standard InChI is InChI=1S/C7H5BClF.B.ClH.FH/c1-4-6(9)2-5(8)3-7(4)10;;;/h2-3H,1H3;;2*1H. The highest BCUT2D eigenvalue weighted by atomic mass is 35.5. The summed E-state index contributed by atoms with van der Waals surface area (Å²) in [5.41, 5.74) is 0.795. The summed E-state index contributed by atoms with van der Waals surface area (Å²) in [5.74, 6) is -0.356. The molecule has 0 fully saturated rings. The number of hydrogen-bond acceptors (Lipinski definition) is 0. The molecule has 0 aromatic heterocycles. The Morgan fingerprint density at radius 1 is 1.38 bits per heavy atom. The molecule has 0 atom stereocenters. The van der Waals surface area contributed by atoms with Gasteiger partial charge in [-0.3, -0.25) is 4.70 Å². The van der Waals surface area contributed by atoms with Crippen LogP contribution in [0.4, 0.5) is 9.09 Å². The smallest absolute Gasteiger partial charge is 0.127 e. The lowest BCUT2D eigenvalue weighted by Crippen LogP contribution is -2.03. The highest BCUT2D eigenvalue weighted by Crippen LogP contribution is 2.15. The van der Waals surface area contributed by atoms with E-state index in [1.54, 1.807) is 6.92 Å². The van der Waals surface area contributed by atoms with Gasteiger partial charge in [0, 0.05) is 19.0 Å². The molecule has 5 radical (unpaired) electrons. The van der Waals surface area contributed by atoms with Crippen LogP contribution in [0.3, 0.4) is 0 Å². The van der Waals surface area contributed by atoms with Crippen LogP contribution in [0.5, 0.6) is 0 Å². The topological polar surface area (TPSA) is 0 Å². The van der Waals surface area contributed by atoms with Crippen LogP contribution in [0.2, 0.25) is 5.02 Å². The predicted octanol–water partition coefficient (Wildman–Crippen LogP) is 1.77. The summed E-state index contributed by atoms with van der Waals surface area (Å²) in [5, 5.41) is 0.373. The molecule has 1 aromatic carbocycles. The van der Waals surface area contributed by atoms with E-state index >= 15 is 0 Å². The highest BCUT2D eigenvalue weighted by Gasteiger charge is 2.01. The third-order valence-corrected chi connectivity index (χ3v) is 1.70. The highest BCUT2D eigenvalue weighted by molar-refractivity contribution is 6.36. The van der Waals surface area contributed by atoms with Gasteiger partial charge in [-0.05, 0) is 13.0 Å². The Hall–Kier alpha value is -0.210. The van der Waals surface area contributed by atoms with Crippen LogP contribution in [0.15, 0.2) is 12.1 Å². The summed E-state index contributed by atoms with van der Waals surface area (Å²) >= 11 is 5.60. The van der Waals surface area contributed by atoms with Gasteiger partial charge in [0.1, 0.15) is 13.7 Å².